The van der Waals surface area contributed by atoms with Gasteiger partial charge in [0, 0.05) is 19.1 Å². The maximum atomic E-state index is 3.46. The van der Waals surface area contributed by atoms with Crippen LogP contribution in [-0.4, -0.2) is 31.8 Å². The number of nitrogens with one attached hydrogen (secondary N) is 3. The van der Waals surface area contributed by atoms with Crippen molar-refractivity contribution >= 4 is 0 Å². The molecule has 2 heterocycles. The molecule has 2 aliphatic heterocycles. The van der Waals surface area contributed by atoms with E-state index < -0.39 is 0 Å². The van der Waals surface area contributed by atoms with Crippen LogP contribution in [0.25, 0.3) is 0 Å². The first-order chi connectivity index (χ1) is 4.47. The highest BCUT2D eigenvalue weighted by atomic mass is 15.2. The van der Waals surface area contributed by atoms with Crippen molar-refractivity contribution < 1.29 is 0 Å². The van der Waals surface area contributed by atoms with Gasteiger partial charge in [0.25, 0.3) is 0 Å². The van der Waals surface area contributed by atoms with Gasteiger partial charge in [-0.25, -0.2) is 0 Å². The number of piperazine rings is 1. The Morgan fingerprint density at radius 1 is 0.889 bits per heavy atom. The third-order valence-corrected chi connectivity index (χ3v) is 2.12. The Bertz CT molecular complexity index is 92.5. The summed E-state index contributed by atoms with van der Waals surface area (Å²) >= 11 is 0. The zero-order valence-electron chi connectivity index (χ0n) is 5.48. The molecule has 52 valence electrons. The van der Waals surface area contributed by atoms with E-state index in [2.05, 4.69) is 16.0 Å². The topological polar surface area (TPSA) is 36.1 Å². The fourth-order valence-corrected chi connectivity index (χ4v) is 1.62. The van der Waals surface area contributed by atoms with E-state index in [4.69, 9.17) is 0 Å². The summed E-state index contributed by atoms with van der Waals surface area (Å²) in [5, 5.41) is 10.2. The molecule has 3 nitrogen and oxygen atoms in total. The largest absolute Gasteiger partial charge is 0.310 e. The molecule has 0 radical (unpaired) electrons. The first kappa shape index (κ1) is 5.65. The lowest BCUT2D eigenvalue weighted by Gasteiger charge is -2.27. The van der Waals surface area contributed by atoms with E-state index in [9.17, 15) is 0 Å². The van der Waals surface area contributed by atoms with Gasteiger partial charge in [-0.05, 0) is 13.0 Å². The summed E-state index contributed by atoms with van der Waals surface area (Å²) in [5.74, 6) is 0. The molecule has 0 aromatic heterocycles. The van der Waals surface area contributed by atoms with Crippen molar-refractivity contribution in [2.75, 3.05) is 19.6 Å². The fourth-order valence-electron chi connectivity index (χ4n) is 1.62. The van der Waals surface area contributed by atoms with Crippen LogP contribution in [0.4, 0.5) is 0 Å². The standard InChI is InChI=1S/C6H13N3/c1-2-8-6-5(1)7-3-4-9-6/h5-9H,1-4H2. The van der Waals surface area contributed by atoms with Crippen LogP contribution in [0.15, 0.2) is 0 Å². The molecule has 2 rings (SSSR count). The van der Waals surface area contributed by atoms with Crippen LogP contribution in [0.3, 0.4) is 0 Å². The zero-order chi connectivity index (χ0) is 6.10. The first-order valence-electron chi connectivity index (χ1n) is 3.67. The normalized spacial score (nSPS) is 42.7. The summed E-state index contributed by atoms with van der Waals surface area (Å²) in [6.07, 6.45) is 1.83. The molecule has 0 spiro atoms. The Kier molecular flexibility index (Phi) is 1.41. The predicted molar refractivity (Wildman–Crippen MR) is 36.2 cm³/mol. The minimum Gasteiger partial charge on any atom is -0.310 e. The second kappa shape index (κ2) is 2.25. The second-order valence-corrected chi connectivity index (χ2v) is 2.74. The van der Waals surface area contributed by atoms with Gasteiger partial charge in [-0.15, -0.1) is 0 Å². The molecular weight excluding hydrogens is 114 g/mol. The van der Waals surface area contributed by atoms with Crippen LogP contribution in [0.1, 0.15) is 6.42 Å². The predicted octanol–water partition coefficient (Wildman–Crippen LogP) is -1.13. The Balaban J connectivity index is 1.97. The van der Waals surface area contributed by atoms with Crippen molar-refractivity contribution in [3.63, 3.8) is 0 Å². The Labute approximate surface area is 55.2 Å². The van der Waals surface area contributed by atoms with Gasteiger partial charge in [0.1, 0.15) is 0 Å². The Morgan fingerprint density at radius 3 is 2.56 bits per heavy atom. The highest BCUT2D eigenvalue weighted by molar-refractivity contribution is 4.90. The molecule has 2 unspecified atom stereocenters. The molecule has 9 heavy (non-hydrogen) atoms. The lowest BCUT2D eigenvalue weighted by atomic mass is 10.2. The summed E-state index contributed by atoms with van der Waals surface area (Å²) in [5.41, 5.74) is 0. The SMILES string of the molecule is C1CNC2NCCC2N1. The van der Waals surface area contributed by atoms with E-state index >= 15 is 0 Å². The van der Waals surface area contributed by atoms with Crippen LogP contribution in [-0.2, 0) is 0 Å². The van der Waals surface area contributed by atoms with E-state index in [1.807, 2.05) is 0 Å². The highest BCUT2D eigenvalue weighted by Gasteiger charge is 2.27. The maximum Gasteiger partial charge on any atom is 0.0731 e. The van der Waals surface area contributed by atoms with Crippen molar-refractivity contribution in [1.29, 1.82) is 0 Å². The monoisotopic (exact) mass is 127 g/mol. The third-order valence-electron chi connectivity index (χ3n) is 2.12. The van der Waals surface area contributed by atoms with E-state index in [0.717, 1.165) is 19.6 Å². The molecule has 0 aromatic carbocycles. The molecule has 0 amide bonds. The van der Waals surface area contributed by atoms with E-state index in [-0.39, 0.29) is 0 Å². The Hall–Kier alpha value is -0.120. The van der Waals surface area contributed by atoms with E-state index in [1.165, 1.54) is 6.42 Å². The van der Waals surface area contributed by atoms with Crippen LogP contribution < -0.4 is 16.0 Å². The first-order valence-corrected chi connectivity index (χ1v) is 3.67. The summed E-state index contributed by atoms with van der Waals surface area (Å²) in [4.78, 5) is 0. The average Bonchev–Trinajstić information content (AvgIpc) is 2.33. The van der Waals surface area contributed by atoms with Crippen LogP contribution >= 0.6 is 0 Å². The van der Waals surface area contributed by atoms with Gasteiger partial charge in [0.15, 0.2) is 0 Å². The van der Waals surface area contributed by atoms with Crippen molar-refractivity contribution in [3.05, 3.63) is 0 Å². The highest BCUT2D eigenvalue weighted by Crippen LogP contribution is 2.05. The van der Waals surface area contributed by atoms with Gasteiger partial charge < -0.3 is 10.6 Å². The molecule has 3 N–H and O–H groups in total. The van der Waals surface area contributed by atoms with Gasteiger partial charge in [-0.1, -0.05) is 0 Å². The lowest BCUT2D eigenvalue weighted by molar-refractivity contribution is 0.338. The lowest BCUT2D eigenvalue weighted by Crippen LogP contribution is -2.57. The van der Waals surface area contributed by atoms with Gasteiger partial charge in [0.05, 0.1) is 6.17 Å². The van der Waals surface area contributed by atoms with Crippen molar-refractivity contribution in [1.82, 2.24) is 16.0 Å². The number of hydrogen-bond donors (Lipinski definition) is 3. The van der Waals surface area contributed by atoms with Crippen molar-refractivity contribution in [2.45, 2.75) is 18.6 Å². The summed E-state index contributed by atoms with van der Waals surface area (Å²) < 4.78 is 0. The fraction of sp³-hybridized carbons (Fsp3) is 1.00. The molecule has 0 saturated carbocycles. The molecule has 2 fully saturated rings. The number of rotatable bonds is 0. The molecule has 2 saturated heterocycles. The van der Waals surface area contributed by atoms with Gasteiger partial charge in [-0.3, -0.25) is 5.32 Å². The number of hydrogen-bond acceptors (Lipinski definition) is 3. The quantitative estimate of drug-likeness (QED) is 0.385. The molecule has 2 aliphatic rings. The van der Waals surface area contributed by atoms with Crippen LogP contribution in [0, 0.1) is 0 Å². The van der Waals surface area contributed by atoms with E-state index in [0.29, 0.717) is 12.2 Å². The second-order valence-electron chi connectivity index (χ2n) is 2.74. The minimum absolute atomic E-state index is 0.554. The van der Waals surface area contributed by atoms with Crippen molar-refractivity contribution in [2.24, 2.45) is 0 Å². The summed E-state index contributed by atoms with van der Waals surface area (Å²) in [7, 11) is 0. The average molecular weight is 127 g/mol. The molecular formula is C6H13N3. The van der Waals surface area contributed by atoms with Crippen LogP contribution in [0.2, 0.25) is 0 Å². The molecule has 0 aliphatic carbocycles. The Morgan fingerprint density at radius 2 is 1.67 bits per heavy atom. The van der Waals surface area contributed by atoms with Gasteiger partial charge >= 0.3 is 0 Å². The zero-order valence-corrected chi connectivity index (χ0v) is 5.48. The summed E-state index contributed by atoms with van der Waals surface area (Å²) in [6.45, 7) is 3.40. The van der Waals surface area contributed by atoms with Crippen LogP contribution in [0.5, 0.6) is 0 Å². The molecule has 0 aromatic rings. The molecule has 2 atom stereocenters. The van der Waals surface area contributed by atoms with Gasteiger partial charge in [0.2, 0.25) is 0 Å². The smallest absolute Gasteiger partial charge is 0.0731 e. The van der Waals surface area contributed by atoms with Gasteiger partial charge in [-0.2, -0.15) is 0 Å². The maximum absolute atomic E-state index is 3.46. The van der Waals surface area contributed by atoms with Crippen molar-refractivity contribution in [3.8, 4) is 0 Å². The third kappa shape index (κ3) is 0.956. The summed E-state index contributed by atoms with van der Waals surface area (Å²) in [6, 6.07) is 0.693. The minimum atomic E-state index is 0.554. The van der Waals surface area contributed by atoms with E-state index in [1.54, 1.807) is 0 Å². The number of fused-ring (bicyclic) bond motifs is 1. The molecule has 3 heteroatoms. The molecule has 0 bridgehead atoms.